The fourth-order valence-corrected chi connectivity index (χ4v) is 4.52. The summed E-state index contributed by atoms with van der Waals surface area (Å²) in [5.74, 6) is -0.659. The first-order chi connectivity index (χ1) is 16.1. The number of likely N-dealkylation sites (N-methyl/N-ethyl adjacent to an activating group) is 1. The van der Waals surface area contributed by atoms with Crippen LogP contribution in [0.4, 0.5) is 5.69 Å². The molecule has 6 heteroatoms. The number of hydrogen-bond donors (Lipinski definition) is 2. The second-order valence-corrected chi connectivity index (χ2v) is 9.48. The summed E-state index contributed by atoms with van der Waals surface area (Å²) in [6.45, 7) is 6.38. The first kappa shape index (κ1) is 23.7. The van der Waals surface area contributed by atoms with Crippen LogP contribution < -0.4 is 10.3 Å². The van der Waals surface area contributed by atoms with E-state index in [0.717, 1.165) is 16.8 Å². The van der Waals surface area contributed by atoms with Crippen molar-refractivity contribution in [3.63, 3.8) is 0 Å². The van der Waals surface area contributed by atoms with Crippen LogP contribution in [0, 0.1) is 0 Å². The van der Waals surface area contributed by atoms with Crippen molar-refractivity contribution in [1.29, 1.82) is 0 Å². The van der Waals surface area contributed by atoms with E-state index in [1.165, 1.54) is 6.21 Å². The van der Waals surface area contributed by atoms with Gasteiger partial charge in [0.2, 0.25) is 0 Å². The molecule has 4 rings (SSSR count). The van der Waals surface area contributed by atoms with Gasteiger partial charge in [0.05, 0.1) is 16.8 Å². The van der Waals surface area contributed by atoms with Crippen LogP contribution in [0.3, 0.4) is 0 Å². The third-order valence-corrected chi connectivity index (χ3v) is 6.74. The second kappa shape index (κ2) is 9.09. The molecule has 0 bridgehead atoms. The smallest absolute Gasteiger partial charge is 0.281 e. The average molecular weight is 474 g/mol. The molecule has 5 nitrogen and oxygen atoms in total. The van der Waals surface area contributed by atoms with Gasteiger partial charge in [0, 0.05) is 23.9 Å². The molecule has 174 valence electrons. The Morgan fingerprint density at radius 1 is 1.06 bits per heavy atom. The molecule has 1 amide bonds. The lowest BCUT2D eigenvalue weighted by Crippen LogP contribution is -2.43. The van der Waals surface area contributed by atoms with Crippen LogP contribution in [-0.4, -0.2) is 29.8 Å². The highest BCUT2D eigenvalue weighted by atomic mass is 35.5. The van der Waals surface area contributed by atoms with E-state index in [1.54, 1.807) is 48.5 Å². The summed E-state index contributed by atoms with van der Waals surface area (Å²) in [5.41, 5.74) is 5.31. The molecule has 3 aromatic carbocycles. The molecule has 1 heterocycles. The van der Waals surface area contributed by atoms with Gasteiger partial charge in [-0.2, -0.15) is 5.10 Å². The molecule has 1 aliphatic heterocycles. The van der Waals surface area contributed by atoms with E-state index in [1.807, 2.05) is 31.3 Å². The summed E-state index contributed by atoms with van der Waals surface area (Å²) >= 11 is 6.56. The number of anilines is 1. The van der Waals surface area contributed by atoms with Crippen LogP contribution in [0.2, 0.25) is 5.02 Å². The van der Waals surface area contributed by atoms with E-state index >= 15 is 0 Å². The SMILES string of the molecule is CC1=CC(C)(C)N(C)c2cc(Cl)c(/C=N\NC(=O)C(O)(c3ccccc3)c3ccccc3)cc21. The van der Waals surface area contributed by atoms with Gasteiger partial charge in [-0.15, -0.1) is 0 Å². The molecular formula is C28H28ClN3O2. The summed E-state index contributed by atoms with van der Waals surface area (Å²) in [6, 6.07) is 21.5. The third-order valence-electron chi connectivity index (χ3n) is 6.42. The molecule has 0 aromatic heterocycles. The third kappa shape index (κ3) is 4.25. The molecule has 0 fully saturated rings. The lowest BCUT2D eigenvalue weighted by Gasteiger charge is -2.40. The molecule has 0 radical (unpaired) electrons. The highest BCUT2D eigenvalue weighted by molar-refractivity contribution is 6.33. The lowest BCUT2D eigenvalue weighted by molar-refractivity contribution is -0.136. The number of amides is 1. The normalized spacial score (nSPS) is 15.1. The summed E-state index contributed by atoms with van der Waals surface area (Å²) in [4.78, 5) is 15.4. The topological polar surface area (TPSA) is 64.9 Å². The minimum Gasteiger partial charge on any atom is -0.372 e. The van der Waals surface area contributed by atoms with Crippen molar-refractivity contribution in [2.24, 2.45) is 5.10 Å². The van der Waals surface area contributed by atoms with Gasteiger partial charge < -0.3 is 10.0 Å². The van der Waals surface area contributed by atoms with Crippen LogP contribution in [0.5, 0.6) is 0 Å². The zero-order chi connectivity index (χ0) is 24.5. The van der Waals surface area contributed by atoms with Gasteiger partial charge in [0.15, 0.2) is 5.60 Å². The summed E-state index contributed by atoms with van der Waals surface area (Å²) in [7, 11) is 2.04. The van der Waals surface area contributed by atoms with E-state index in [4.69, 9.17) is 11.6 Å². The van der Waals surface area contributed by atoms with Crippen LogP contribution in [0.15, 0.2) is 84.0 Å². The Labute approximate surface area is 205 Å². The molecule has 0 saturated carbocycles. The Kier molecular flexibility index (Phi) is 6.34. The number of nitrogens with zero attached hydrogens (tertiary/aromatic N) is 2. The van der Waals surface area contributed by atoms with Crippen molar-refractivity contribution in [3.8, 4) is 0 Å². The quantitative estimate of drug-likeness (QED) is 0.387. The van der Waals surface area contributed by atoms with E-state index < -0.39 is 11.5 Å². The molecular weight excluding hydrogens is 446 g/mol. The standard InChI is InChI=1S/C28H28ClN3O2/c1-19-17-27(2,3)32(4)25-16-24(29)20(15-23(19)25)18-30-31-26(33)28(34,21-11-7-5-8-12-21)22-13-9-6-10-14-22/h5-18,34H,1-4H3,(H,31,33)/b30-18-. The monoisotopic (exact) mass is 473 g/mol. The lowest BCUT2D eigenvalue weighted by atomic mass is 9.85. The molecule has 2 N–H and O–H groups in total. The number of fused-ring (bicyclic) bond motifs is 1. The molecule has 0 unspecified atom stereocenters. The number of carbonyl (C=O) groups excluding carboxylic acids is 1. The summed E-state index contributed by atoms with van der Waals surface area (Å²) < 4.78 is 0. The Bertz CT molecular complexity index is 1230. The van der Waals surface area contributed by atoms with Gasteiger partial charge in [-0.05, 0) is 49.6 Å². The molecule has 0 atom stereocenters. The first-order valence-corrected chi connectivity index (χ1v) is 11.5. The number of carbonyl (C=O) groups is 1. The average Bonchev–Trinajstić information content (AvgIpc) is 2.83. The largest absolute Gasteiger partial charge is 0.372 e. The van der Waals surface area contributed by atoms with Crippen molar-refractivity contribution in [1.82, 2.24) is 5.43 Å². The van der Waals surface area contributed by atoms with Crippen molar-refractivity contribution in [3.05, 3.63) is 106 Å². The molecule has 3 aromatic rings. The number of hydrazone groups is 1. The number of benzene rings is 3. The molecule has 0 aliphatic carbocycles. The van der Waals surface area contributed by atoms with Crippen LogP contribution >= 0.6 is 11.6 Å². The maximum atomic E-state index is 13.2. The Morgan fingerprint density at radius 3 is 2.18 bits per heavy atom. The van der Waals surface area contributed by atoms with Gasteiger partial charge in [-0.3, -0.25) is 4.79 Å². The second-order valence-electron chi connectivity index (χ2n) is 9.07. The van der Waals surface area contributed by atoms with E-state index in [2.05, 4.69) is 42.3 Å². The van der Waals surface area contributed by atoms with Crippen LogP contribution in [0.1, 0.15) is 43.0 Å². The van der Waals surface area contributed by atoms with Gasteiger partial charge in [-0.1, -0.05) is 78.3 Å². The molecule has 34 heavy (non-hydrogen) atoms. The van der Waals surface area contributed by atoms with Gasteiger partial charge in [0.25, 0.3) is 5.91 Å². The van der Waals surface area contributed by atoms with Crippen molar-refractivity contribution >= 4 is 35.0 Å². The zero-order valence-electron chi connectivity index (χ0n) is 19.7. The number of allylic oxidation sites excluding steroid dienone is 1. The minimum atomic E-state index is -1.90. The Hall–Kier alpha value is -3.41. The minimum absolute atomic E-state index is 0.122. The van der Waals surface area contributed by atoms with Crippen molar-refractivity contribution in [2.45, 2.75) is 31.9 Å². The number of halogens is 1. The summed E-state index contributed by atoms with van der Waals surface area (Å²) in [5, 5.41) is 16.2. The Morgan fingerprint density at radius 2 is 1.62 bits per heavy atom. The zero-order valence-corrected chi connectivity index (χ0v) is 20.5. The highest BCUT2D eigenvalue weighted by Gasteiger charge is 2.40. The number of rotatable bonds is 5. The van der Waals surface area contributed by atoms with Gasteiger partial charge in [-0.25, -0.2) is 5.43 Å². The predicted octanol–water partition coefficient (Wildman–Crippen LogP) is 5.36. The fourth-order valence-electron chi connectivity index (χ4n) is 4.32. The predicted molar refractivity (Wildman–Crippen MR) is 139 cm³/mol. The number of nitrogens with one attached hydrogen (secondary N) is 1. The number of hydrogen-bond acceptors (Lipinski definition) is 4. The van der Waals surface area contributed by atoms with E-state index in [0.29, 0.717) is 21.7 Å². The van der Waals surface area contributed by atoms with Crippen molar-refractivity contribution in [2.75, 3.05) is 11.9 Å². The van der Waals surface area contributed by atoms with E-state index in [-0.39, 0.29) is 5.54 Å². The van der Waals surface area contributed by atoms with E-state index in [9.17, 15) is 9.90 Å². The fraction of sp³-hybridized carbons (Fsp3) is 0.214. The maximum absolute atomic E-state index is 13.2. The Balaban J connectivity index is 1.63. The van der Waals surface area contributed by atoms with Gasteiger partial charge >= 0.3 is 0 Å². The molecule has 0 spiro atoms. The molecule has 0 saturated heterocycles. The summed E-state index contributed by atoms with van der Waals surface area (Å²) in [6.07, 6.45) is 3.72. The van der Waals surface area contributed by atoms with Gasteiger partial charge in [0.1, 0.15) is 0 Å². The van der Waals surface area contributed by atoms with Crippen LogP contribution in [-0.2, 0) is 10.4 Å². The van der Waals surface area contributed by atoms with Crippen LogP contribution in [0.25, 0.3) is 5.57 Å². The number of aliphatic hydroxyl groups is 1. The first-order valence-electron chi connectivity index (χ1n) is 11.1. The highest BCUT2D eigenvalue weighted by Crippen LogP contribution is 2.40. The van der Waals surface area contributed by atoms with Crippen molar-refractivity contribution < 1.29 is 9.90 Å². The maximum Gasteiger partial charge on any atom is 0.281 e. The molecule has 1 aliphatic rings.